The van der Waals surface area contributed by atoms with E-state index in [-0.39, 0.29) is 11.4 Å². The molecule has 0 aliphatic heterocycles. The number of nitrogens with two attached hydrogens (primary N) is 1. The number of nitrogens with one attached hydrogen (secondary N) is 1. The molecule has 1 amide bonds. The third-order valence-electron chi connectivity index (χ3n) is 3.32. The molecule has 0 saturated heterocycles. The zero-order valence-corrected chi connectivity index (χ0v) is 11.5. The van der Waals surface area contributed by atoms with Crippen LogP contribution in [-0.2, 0) is 4.79 Å². The molecule has 1 aliphatic rings. The molecule has 0 radical (unpaired) electrons. The number of benzene rings is 1. The SMILES string of the molecule is NC1(CC(=O)Nc2ccc(Cl)cc2Cl)CCCC1. The first-order valence-corrected chi connectivity index (χ1v) is 6.78. The summed E-state index contributed by atoms with van der Waals surface area (Å²) < 4.78 is 0. The van der Waals surface area contributed by atoms with Gasteiger partial charge in [-0.05, 0) is 31.0 Å². The van der Waals surface area contributed by atoms with Gasteiger partial charge in [0.05, 0.1) is 10.7 Å². The second kappa shape index (κ2) is 5.47. The molecule has 1 saturated carbocycles. The summed E-state index contributed by atoms with van der Waals surface area (Å²) in [6.07, 6.45) is 4.37. The summed E-state index contributed by atoms with van der Waals surface area (Å²) in [5.41, 5.74) is 6.39. The zero-order valence-electron chi connectivity index (χ0n) is 10.0. The third kappa shape index (κ3) is 3.37. The van der Waals surface area contributed by atoms with Crippen LogP contribution < -0.4 is 11.1 Å². The Morgan fingerprint density at radius 3 is 2.61 bits per heavy atom. The third-order valence-corrected chi connectivity index (χ3v) is 3.86. The normalized spacial score (nSPS) is 17.7. The maximum absolute atomic E-state index is 11.9. The standard InChI is InChI=1S/C13H16Cl2N2O/c14-9-3-4-11(10(15)7-9)17-12(18)8-13(16)5-1-2-6-13/h3-4,7H,1-2,5-6,8,16H2,(H,17,18). The molecule has 1 aromatic carbocycles. The predicted molar refractivity (Wildman–Crippen MR) is 75.1 cm³/mol. The van der Waals surface area contributed by atoms with Crippen LogP contribution >= 0.6 is 23.2 Å². The minimum atomic E-state index is -0.344. The number of anilines is 1. The lowest BCUT2D eigenvalue weighted by Crippen LogP contribution is -2.40. The zero-order chi connectivity index (χ0) is 13.2. The lowest BCUT2D eigenvalue weighted by Gasteiger charge is -2.22. The summed E-state index contributed by atoms with van der Waals surface area (Å²) in [7, 11) is 0. The predicted octanol–water partition coefficient (Wildman–Crippen LogP) is 3.59. The van der Waals surface area contributed by atoms with Gasteiger partial charge in [-0.3, -0.25) is 4.79 Å². The number of halogens is 2. The first-order chi connectivity index (χ1) is 8.48. The quantitative estimate of drug-likeness (QED) is 0.892. The number of hydrogen-bond acceptors (Lipinski definition) is 2. The van der Waals surface area contributed by atoms with E-state index in [1.165, 1.54) is 0 Å². The summed E-state index contributed by atoms with van der Waals surface area (Å²) in [4.78, 5) is 11.9. The Kier molecular flexibility index (Phi) is 4.15. The van der Waals surface area contributed by atoms with Crippen molar-refractivity contribution in [2.45, 2.75) is 37.6 Å². The van der Waals surface area contributed by atoms with Crippen LogP contribution in [0.25, 0.3) is 0 Å². The molecule has 0 atom stereocenters. The van der Waals surface area contributed by atoms with Gasteiger partial charge in [0.2, 0.25) is 5.91 Å². The smallest absolute Gasteiger partial charge is 0.226 e. The summed E-state index contributed by atoms with van der Waals surface area (Å²) in [5.74, 6) is -0.0939. The topological polar surface area (TPSA) is 55.1 Å². The molecular formula is C13H16Cl2N2O. The fraction of sp³-hybridized carbons (Fsp3) is 0.462. The molecule has 1 aliphatic carbocycles. The summed E-state index contributed by atoms with van der Waals surface area (Å²) >= 11 is 11.8. The average Bonchev–Trinajstić information content (AvgIpc) is 2.69. The monoisotopic (exact) mass is 286 g/mol. The molecule has 0 bridgehead atoms. The minimum absolute atomic E-state index is 0.0939. The van der Waals surface area contributed by atoms with Gasteiger partial charge in [0, 0.05) is 17.0 Å². The Morgan fingerprint density at radius 2 is 2.00 bits per heavy atom. The van der Waals surface area contributed by atoms with Crippen molar-refractivity contribution in [1.29, 1.82) is 0 Å². The van der Waals surface area contributed by atoms with Crippen molar-refractivity contribution in [3.8, 4) is 0 Å². The number of carbonyl (C=O) groups excluding carboxylic acids is 1. The maximum Gasteiger partial charge on any atom is 0.226 e. The van der Waals surface area contributed by atoms with E-state index in [1.54, 1.807) is 18.2 Å². The minimum Gasteiger partial charge on any atom is -0.325 e. The van der Waals surface area contributed by atoms with Gasteiger partial charge in [-0.15, -0.1) is 0 Å². The first kappa shape index (κ1) is 13.7. The molecule has 5 heteroatoms. The van der Waals surface area contributed by atoms with Crippen molar-refractivity contribution in [3.05, 3.63) is 28.2 Å². The van der Waals surface area contributed by atoms with Gasteiger partial charge in [0.25, 0.3) is 0 Å². The number of rotatable bonds is 3. The number of amides is 1. The fourth-order valence-electron chi connectivity index (χ4n) is 2.36. The van der Waals surface area contributed by atoms with E-state index in [9.17, 15) is 4.79 Å². The average molecular weight is 287 g/mol. The van der Waals surface area contributed by atoms with Gasteiger partial charge in [-0.25, -0.2) is 0 Å². The Balaban J connectivity index is 1.98. The highest BCUT2D eigenvalue weighted by Gasteiger charge is 2.31. The van der Waals surface area contributed by atoms with E-state index in [4.69, 9.17) is 28.9 Å². The molecule has 0 heterocycles. The van der Waals surface area contributed by atoms with Gasteiger partial charge >= 0.3 is 0 Å². The van der Waals surface area contributed by atoms with Gasteiger partial charge in [-0.1, -0.05) is 36.0 Å². The Morgan fingerprint density at radius 1 is 1.33 bits per heavy atom. The first-order valence-electron chi connectivity index (χ1n) is 6.02. The van der Waals surface area contributed by atoms with Crippen LogP contribution in [0.3, 0.4) is 0 Å². The number of carbonyl (C=O) groups is 1. The van der Waals surface area contributed by atoms with Crippen molar-refractivity contribution in [2.75, 3.05) is 5.32 Å². The molecule has 2 rings (SSSR count). The van der Waals surface area contributed by atoms with E-state index in [0.29, 0.717) is 22.2 Å². The summed E-state index contributed by atoms with van der Waals surface area (Å²) in [5, 5.41) is 3.76. The van der Waals surface area contributed by atoms with Crippen molar-refractivity contribution in [3.63, 3.8) is 0 Å². The Hall–Kier alpha value is -0.770. The van der Waals surface area contributed by atoms with Crippen LogP contribution in [0.4, 0.5) is 5.69 Å². The van der Waals surface area contributed by atoms with Gasteiger partial charge in [-0.2, -0.15) is 0 Å². The maximum atomic E-state index is 11.9. The van der Waals surface area contributed by atoms with Crippen molar-refractivity contribution in [1.82, 2.24) is 0 Å². The van der Waals surface area contributed by atoms with Crippen LogP contribution in [0.2, 0.25) is 10.0 Å². The molecule has 0 aromatic heterocycles. The van der Waals surface area contributed by atoms with Gasteiger partial charge in [0.15, 0.2) is 0 Å². The molecular weight excluding hydrogens is 271 g/mol. The number of hydrogen-bond donors (Lipinski definition) is 2. The highest BCUT2D eigenvalue weighted by atomic mass is 35.5. The molecule has 0 unspecified atom stereocenters. The lowest BCUT2D eigenvalue weighted by molar-refractivity contribution is -0.117. The molecule has 3 nitrogen and oxygen atoms in total. The second-order valence-corrected chi connectivity index (χ2v) is 5.76. The van der Waals surface area contributed by atoms with Crippen molar-refractivity contribution < 1.29 is 4.79 Å². The van der Waals surface area contributed by atoms with E-state index < -0.39 is 0 Å². The van der Waals surface area contributed by atoms with Crippen LogP contribution in [-0.4, -0.2) is 11.4 Å². The van der Waals surface area contributed by atoms with Crippen LogP contribution in [0.15, 0.2) is 18.2 Å². The molecule has 18 heavy (non-hydrogen) atoms. The Labute approximate surface area is 117 Å². The van der Waals surface area contributed by atoms with Crippen LogP contribution in [0.1, 0.15) is 32.1 Å². The van der Waals surface area contributed by atoms with Crippen LogP contribution in [0.5, 0.6) is 0 Å². The molecule has 98 valence electrons. The van der Waals surface area contributed by atoms with E-state index in [2.05, 4.69) is 5.32 Å². The largest absolute Gasteiger partial charge is 0.325 e. The van der Waals surface area contributed by atoms with E-state index in [0.717, 1.165) is 25.7 Å². The summed E-state index contributed by atoms with van der Waals surface area (Å²) in [6, 6.07) is 4.99. The second-order valence-electron chi connectivity index (χ2n) is 4.92. The van der Waals surface area contributed by atoms with E-state index in [1.807, 2.05) is 0 Å². The van der Waals surface area contributed by atoms with Gasteiger partial charge < -0.3 is 11.1 Å². The van der Waals surface area contributed by atoms with Gasteiger partial charge in [0.1, 0.15) is 0 Å². The van der Waals surface area contributed by atoms with Crippen molar-refractivity contribution >= 4 is 34.8 Å². The molecule has 1 aromatic rings. The highest BCUT2D eigenvalue weighted by Crippen LogP contribution is 2.31. The van der Waals surface area contributed by atoms with E-state index >= 15 is 0 Å². The lowest BCUT2D eigenvalue weighted by atomic mass is 9.94. The summed E-state index contributed by atoms with van der Waals surface area (Å²) in [6.45, 7) is 0. The highest BCUT2D eigenvalue weighted by molar-refractivity contribution is 6.36. The molecule has 3 N–H and O–H groups in total. The molecule has 1 fully saturated rings. The fourth-order valence-corrected chi connectivity index (χ4v) is 2.82. The van der Waals surface area contributed by atoms with Crippen LogP contribution in [0, 0.1) is 0 Å². The molecule has 0 spiro atoms. The Bertz CT molecular complexity index is 456. The van der Waals surface area contributed by atoms with Crippen molar-refractivity contribution in [2.24, 2.45) is 5.73 Å².